The fourth-order valence-corrected chi connectivity index (χ4v) is 1.83. The quantitative estimate of drug-likeness (QED) is 0.309. The van der Waals surface area contributed by atoms with Gasteiger partial charge >= 0.3 is 0 Å². The summed E-state index contributed by atoms with van der Waals surface area (Å²) in [6.07, 6.45) is 1.23. The van der Waals surface area contributed by atoms with Crippen LogP contribution in [0.4, 0.5) is 0 Å². The van der Waals surface area contributed by atoms with Crippen molar-refractivity contribution in [2.45, 2.75) is 4.90 Å². The van der Waals surface area contributed by atoms with E-state index in [2.05, 4.69) is 10.2 Å². The van der Waals surface area contributed by atoms with E-state index in [4.69, 9.17) is 20.8 Å². The van der Waals surface area contributed by atoms with Crippen molar-refractivity contribution in [1.29, 1.82) is 0 Å². The SMILES string of the molecule is COc1ccc(/C=N/N=C(N)N)cc1S(=O)(=O)O.Cl. The van der Waals surface area contributed by atoms with Gasteiger partial charge in [0, 0.05) is 0 Å². The number of benzene rings is 1. The van der Waals surface area contributed by atoms with Gasteiger partial charge in [0.25, 0.3) is 10.1 Å². The van der Waals surface area contributed by atoms with Gasteiger partial charge < -0.3 is 16.2 Å². The lowest BCUT2D eigenvalue weighted by Gasteiger charge is -2.05. The number of nitrogens with two attached hydrogens (primary N) is 2. The van der Waals surface area contributed by atoms with Gasteiger partial charge in [-0.05, 0) is 23.8 Å². The van der Waals surface area contributed by atoms with Gasteiger partial charge in [0.2, 0.25) is 5.96 Å². The minimum atomic E-state index is -4.38. The summed E-state index contributed by atoms with van der Waals surface area (Å²) < 4.78 is 36.1. The summed E-state index contributed by atoms with van der Waals surface area (Å²) in [5, 5.41) is 6.87. The van der Waals surface area contributed by atoms with E-state index in [0.29, 0.717) is 5.56 Å². The molecule has 0 atom stereocenters. The second-order valence-corrected chi connectivity index (χ2v) is 4.54. The lowest BCUT2D eigenvalue weighted by atomic mass is 10.2. The van der Waals surface area contributed by atoms with Gasteiger partial charge in [-0.15, -0.1) is 17.5 Å². The van der Waals surface area contributed by atoms with Crippen LogP contribution in [0.2, 0.25) is 0 Å². The summed E-state index contributed by atoms with van der Waals surface area (Å²) in [5.41, 5.74) is 10.5. The smallest absolute Gasteiger partial charge is 0.298 e. The topological polar surface area (TPSA) is 140 Å². The molecule has 0 radical (unpaired) electrons. The Morgan fingerprint density at radius 2 is 2.05 bits per heavy atom. The normalized spacial score (nSPS) is 10.8. The van der Waals surface area contributed by atoms with E-state index in [1.807, 2.05) is 0 Å². The first-order valence-electron chi connectivity index (χ1n) is 4.62. The Morgan fingerprint density at radius 1 is 1.42 bits per heavy atom. The second kappa shape index (κ2) is 6.92. The number of nitrogens with zero attached hydrogens (tertiary/aromatic N) is 2. The zero-order valence-electron chi connectivity index (χ0n) is 9.85. The van der Waals surface area contributed by atoms with Gasteiger partial charge in [0.1, 0.15) is 10.6 Å². The van der Waals surface area contributed by atoms with E-state index in [9.17, 15) is 8.42 Å². The molecule has 0 bridgehead atoms. The summed E-state index contributed by atoms with van der Waals surface area (Å²) in [4.78, 5) is -0.362. The molecule has 0 aliphatic rings. The molecule has 106 valence electrons. The molecule has 0 saturated carbocycles. The number of hydrogen-bond acceptors (Lipinski definition) is 5. The molecule has 8 nitrogen and oxygen atoms in total. The molecule has 19 heavy (non-hydrogen) atoms. The molecule has 1 aromatic rings. The van der Waals surface area contributed by atoms with Gasteiger partial charge in [0.05, 0.1) is 13.3 Å². The molecule has 5 N–H and O–H groups in total. The van der Waals surface area contributed by atoms with Crippen LogP contribution in [0, 0.1) is 0 Å². The van der Waals surface area contributed by atoms with Crippen LogP contribution in [0.1, 0.15) is 5.56 Å². The first kappa shape index (κ1) is 17.2. The van der Waals surface area contributed by atoms with Crippen molar-refractivity contribution >= 4 is 34.7 Å². The predicted octanol–water partition coefficient (Wildman–Crippen LogP) is -0.0290. The van der Waals surface area contributed by atoms with Crippen molar-refractivity contribution in [3.05, 3.63) is 23.8 Å². The summed E-state index contributed by atoms with van der Waals surface area (Å²) in [6, 6.07) is 4.08. The van der Waals surface area contributed by atoms with Gasteiger partial charge in [-0.1, -0.05) is 0 Å². The Balaban J connectivity index is 0.00000324. The highest BCUT2D eigenvalue weighted by molar-refractivity contribution is 7.86. The van der Waals surface area contributed by atoms with Crippen molar-refractivity contribution in [2.75, 3.05) is 7.11 Å². The van der Waals surface area contributed by atoms with Crippen molar-refractivity contribution < 1.29 is 17.7 Å². The van der Waals surface area contributed by atoms with E-state index >= 15 is 0 Å². The van der Waals surface area contributed by atoms with Crippen molar-refractivity contribution in [1.82, 2.24) is 0 Å². The second-order valence-electron chi connectivity index (χ2n) is 3.15. The lowest BCUT2D eigenvalue weighted by molar-refractivity contribution is 0.397. The first-order chi connectivity index (χ1) is 8.34. The summed E-state index contributed by atoms with van der Waals surface area (Å²) in [5.74, 6) is -0.203. The largest absolute Gasteiger partial charge is 0.495 e. The maximum atomic E-state index is 11.1. The molecule has 0 amide bonds. The minimum absolute atomic E-state index is 0. The third kappa shape index (κ3) is 5.12. The zero-order valence-corrected chi connectivity index (χ0v) is 11.5. The average molecular weight is 309 g/mol. The standard InChI is InChI=1S/C9H12N4O4S.ClH/c1-17-7-3-2-6(5-12-13-9(10)11)4-8(7)18(14,15)16;/h2-5H,1H3,(H4,10,11,13)(H,14,15,16);1H/b12-5+;. The molecule has 10 heteroatoms. The zero-order chi connectivity index (χ0) is 13.8. The molecule has 0 unspecified atom stereocenters. The van der Waals surface area contributed by atoms with Crippen LogP contribution in [0.3, 0.4) is 0 Å². The lowest BCUT2D eigenvalue weighted by Crippen LogP contribution is -2.21. The minimum Gasteiger partial charge on any atom is -0.495 e. The molecule has 1 rings (SSSR count). The van der Waals surface area contributed by atoms with Crippen molar-refractivity contribution in [2.24, 2.45) is 21.7 Å². The highest BCUT2D eigenvalue weighted by Crippen LogP contribution is 2.23. The van der Waals surface area contributed by atoms with Gasteiger partial charge in [0.15, 0.2) is 0 Å². The molecule has 1 aromatic carbocycles. The Bertz CT molecular complexity index is 596. The van der Waals surface area contributed by atoms with Gasteiger partial charge in [-0.25, -0.2) is 0 Å². The van der Waals surface area contributed by atoms with E-state index in [0.717, 1.165) is 0 Å². The number of hydrogen-bond donors (Lipinski definition) is 3. The molecule has 0 spiro atoms. The molecule has 0 fully saturated rings. The molecular weight excluding hydrogens is 296 g/mol. The Kier molecular flexibility index (Phi) is 6.25. The average Bonchev–Trinajstić information content (AvgIpc) is 2.27. The fraction of sp³-hybridized carbons (Fsp3) is 0.111. The monoisotopic (exact) mass is 308 g/mol. The van der Waals surface area contributed by atoms with E-state index < -0.39 is 10.1 Å². The summed E-state index contributed by atoms with van der Waals surface area (Å²) in [7, 11) is -3.09. The Labute approximate surface area is 116 Å². The van der Waals surface area contributed by atoms with Crippen LogP contribution < -0.4 is 16.2 Å². The third-order valence-corrected chi connectivity index (χ3v) is 2.72. The molecule has 0 heterocycles. The van der Waals surface area contributed by atoms with Crippen LogP contribution in [-0.4, -0.2) is 32.3 Å². The number of guanidine groups is 1. The van der Waals surface area contributed by atoms with Crippen molar-refractivity contribution in [3.63, 3.8) is 0 Å². The third-order valence-electron chi connectivity index (χ3n) is 1.85. The van der Waals surface area contributed by atoms with Crippen LogP contribution in [0.25, 0.3) is 0 Å². The maximum absolute atomic E-state index is 11.1. The van der Waals surface area contributed by atoms with E-state index in [-0.39, 0.29) is 29.0 Å². The van der Waals surface area contributed by atoms with Gasteiger partial charge in [-0.2, -0.15) is 13.5 Å². The van der Waals surface area contributed by atoms with E-state index in [1.54, 1.807) is 0 Å². The highest BCUT2D eigenvalue weighted by atomic mass is 35.5. The number of rotatable bonds is 4. The molecule has 0 aromatic heterocycles. The fourth-order valence-electron chi connectivity index (χ4n) is 1.14. The molecular formula is C9H13ClN4O4S. The van der Waals surface area contributed by atoms with E-state index in [1.165, 1.54) is 31.5 Å². The van der Waals surface area contributed by atoms with Gasteiger partial charge in [-0.3, -0.25) is 4.55 Å². The molecule has 0 saturated heterocycles. The van der Waals surface area contributed by atoms with Crippen LogP contribution >= 0.6 is 12.4 Å². The Morgan fingerprint density at radius 3 is 2.53 bits per heavy atom. The molecule has 0 aliphatic heterocycles. The summed E-state index contributed by atoms with van der Waals surface area (Å²) in [6.45, 7) is 0. The predicted molar refractivity (Wildman–Crippen MR) is 73.5 cm³/mol. The number of halogens is 1. The molecule has 0 aliphatic carbocycles. The van der Waals surface area contributed by atoms with Crippen LogP contribution in [0.15, 0.2) is 33.3 Å². The number of ether oxygens (including phenoxy) is 1. The Hall–Kier alpha value is -1.84. The van der Waals surface area contributed by atoms with Crippen LogP contribution in [-0.2, 0) is 10.1 Å². The van der Waals surface area contributed by atoms with Crippen LogP contribution in [0.5, 0.6) is 5.75 Å². The highest BCUT2D eigenvalue weighted by Gasteiger charge is 2.16. The first-order valence-corrected chi connectivity index (χ1v) is 6.06. The number of methoxy groups -OCH3 is 1. The van der Waals surface area contributed by atoms with Crippen molar-refractivity contribution in [3.8, 4) is 5.75 Å². The maximum Gasteiger partial charge on any atom is 0.298 e. The summed E-state index contributed by atoms with van der Waals surface area (Å²) >= 11 is 0.